The van der Waals surface area contributed by atoms with E-state index in [4.69, 9.17) is 18.9 Å². The predicted molar refractivity (Wildman–Crippen MR) is 146 cm³/mol. The minimum atomic E-state index is -0.610. The van der Waals surface area contributed by atoms with Gasteiger partial charge in [-0.25, -0.2) is 9.59 Å². The minimum Gasteiger partial charge on any atom is -0.493 e. The Hall–Kier alpha value is -4.07. The second-order valence-corrected chi connectivity index (χ2v) is 9.73. The fourth-order valence-electron chi connectivity index (χ4n) is 5.30. The first-order valence-corrected chi connectivity index (χ1v) is 13.1. The van der Waals surface area contributed by atoms with Crippen molar-refractivity contribution >= 4 is 17.7 Å². The number of methoxy groups -OCH3 is 3. The molecular weight excluding hydrogens is 498 g/mol. The number of hydrogen-bond acceptors (Lipinski definition) is 8. The summed E-state index contributed by atoms with van der Waals surface area (Å²) in [4.78, 5) is 39.2. The number of Topliss-reactive ketones (excluding diaryl/α,β-unsaturated/α-hetero) is 1. The highest BCUT2D eigenvalue weighted by molar-refractivity contribution is 6.04. The fraction of sp³-hybridized carbons (Fsp3) is 0.387. The summed E-state index contributed by atoms with van der Waals surface area (Å²) < 4.78 is 21.3. The van der Waals surface area contributed by atoms with E-state index in [0.717, 1.165) is 29.7 Å². The SMILES string of the molecule is CCCCOC(=O)C1=C(C)NC2=C(C(=O)C[C@@H](c3ccc(OC)c(OC)c3)C2)[C@H]1c1ccc(C(=O)OC)cc1. The summed E-state index contributed by atoms with van der Waals surface area (Å²) >= 11 is 0. The van der Waals surface area contributed by atoms with Gasteiger partial charge in [0.05, 0.1) is 39.1 Å². The quantitative estimate of drug-likeness (QED) is 0.347. The molecule has 2 atom stereocenters. The first kappa shape index (κ1) is 28.0. The number of rotatable bonds is 9. The van der Waals surface area contributed by atoms with E-state index in [0.29, 0.717) is 46.9 Å². The predicted octanol–water partition coefficient (Wildman–Crippen LogP) is 5.20. The number of unbranched alkanes of at least 4 members (excludes halogenated alkanes) is 1. The summed E-state index contributed by atoms with van der Waals surface area (Å²) in [6, 6.07) is 12.6. The molecule has 2 aromatic rings. The van der Waals surface area contributed by atoms with Gasteiger partial charge < -0.3 is 24.3 Å². The zero-order valence-electron chi connectivity index (χ0n) is 23.1. The van der Waals surface area contributed by atoms with Crippen LogP contribution in [-0.4, -0.2) is 45.7 Å². The van der Waals surface area contributed by atoms with Crippen LogP contribution in [0.2, 0.25) is 0 Å². The van der Waals surface area contributed by atoms with Crippen molar-refractivity contribution in [2.45, 2.75) is 51.4 Å². The van der Waals surface area contributed by atoms with Crippen molar-refractivity contribution in [2.24, 2.45) is 0 Å². The molecule has 0 saturated heterocycles. The van der Waals surface area contributed by atoms with E-state index >= 15 is 0 Å². The molecular formula is C31H35NO7. The van der Waals surface area contributed by atoms with Crippen molar-refractivity contribution in [1.82, 2.24) is 5.32 Å². The number of esters is 2. The standard InChI is InChI=1S/C31H35NO7/c1-6-7-14-39-31(35)27-18(2)32-23-15-22(21-12-13-25(36-3)26(17-21)37-4)16-24(33)29(23)28(27)19-8-10-20(11-9-19)30(34)38-5/h8-13,17,22,28,32H,6-7,14-16H2,1-5H3/t22-,28-/m0/s1. The summed E-state index contributed by atoms with van der Waals surface area (Å²) in [5.74, 6) is -0.397. The average molecular weight is 534 g/mol. The van der Waals surface area contributed by atoms with E-state index in [-0.39, 0.29) is 18.1 Å². The van der Waals surface area contributed by atoms with E-state index in [9.17, 15) is 14.4 Å². The Balaban J connectivity index is 1.74. The van der Waals surface area contributed by atoms with E-state index in [2.05, 4.69) is 5.32 Å². The second kappa shape index (κ2) is 12.2. The molecule has 8 heteroatoms. The second-order valence-electron chi connectivity index (χ2n) is 9.73. The molecule has 2 aliphatic rings. The molecule has 8 nitrogen and oxygen atoms in total. The number of dihydropyridines is 1. The van der Waals surface area contributed by atoms with Crippen molar-refractivity contribution < 1.29 is 33.3 Å². The van der Waals surface area contributed by atoms with Gasteiger partial charge in [0, 0.05) is 29.3 Å². The van der Waals surface area contributed by atoms with Gasteiger partial charge in [-0.2, -0.15) is 0 Å². The van der Waals surface area contributed by atoms with Gasteiger partial charge >= 0.3 is 11.9 Å². The van der Waals surface area contributed by atoms with E-state index in [1.807, 2.05) is 32.0 Å². The third-order valence-corrected chi connectivity index (χ3v) is 7.32. The highest BCUT2D eigenvalue weighted by Crippen LogP contribution is 2.46. The summed E-state index contributed by atoms with van der Waals surface area (Å²) in [7, 11) is 4.50. The molecule has 0 amide bonds. The number of carbonyl (C=O) groups excluding carboxylic acids is 3. The molecule has 4 rings (SSSR count). The van der Waals surface area contributed by atoms with Crippen LogP contribution in [0.25, 0.3) is 0 Å². The molecule has 206 valence electrons. The number of hydrogen-bond donors (Lipinski definition) is 1. The smallest absolute Gasteiger partial charge is 0.337 e. The van der Waals surface area contributed by atoms with Crippen molar-refractivity contribution in [3.63, 3.8) is 0 Å². The van der Waals surface area contributed by atoms with Gasteiger partial charge in [-0.05, 0) is 61.1 Å². The normalized spacial score (nSPS) is 18.7. The highest BCUT2D eigenvalue weighted by Gasteiger charge is 2.41. The van der Waals surface area contributed by atoms with Gasteiger partial charge in [0.1, 0.15) is 0 Å². The molecule has 1 aliphatic heterocycles. The molecule has 2 aromatic carbocycles. The van der Waals surface area contributed by atoms with Gasteiger partial charge in [0.15, 0.2) is 17.3 Å². The van der Waals surface area contributed by atoms with Crippen molar-refractivity contribution in [2.75, 3.05) is 27.9 Å². The van der Waals surface area contributed by atoms with Gasteiger partial charge in [-0.15, -0.1) is 0 Å². The van der Waals surface area contributed by atoms with Crippen LogP contribution < -0.4 is 14.8 Å². The molecule has 1 heterocycles. The van der Waals surface area contributed by atoms with E-state index in [1.165, 1.54) is 7.11 Å². The van der Waals surface area contributed by atoms with Gasteiger partial charge in [0.2, 0.25) is 0 Å². The third-order valence-electron chi connectivity index (χ3n) is 7.32. The Labute approximate surface area is 229 Å². The maximum Gasteiger partial charge on any atom is 0.337 e. The lowest BCUT2D eigenvalue weighted by molar-refractivity contribution is -0.139. The molecule has 39 heavy (non-hydrogen) atoms. The molecule has 1 aliphatic carbocycles. The van der Waals surface area contributed by atoms with Gasteiger partial charge in [-0.1, -0.05) is 31.5 Å². The first-order chi connectivity index (χ1) is 18.8. The fourth-order valence-corrected chi connectivity index (χ4v) is 5.30. The molecule has 0 saturated carbocycles. The molecule has 0 radical (unpaired) electrons. The molecule has 0 spiro atoms. The molecule has 0 fully saturated rings. The Bertz CT molecular complexity index is 1320. The topological polar surface area (TPSA) is 100 Å². The summed E-state index contributed by atoms with van der Waals surface area (Å²) in [6.45, 7) is 4.17. The van der Waals surface area contributed by atoms with Crippen LogP contribution in [0.5, 0.6) is 11.5 Å². The number of ether oxygens (including phenoxy) is 4. The minimum absolute atomic E-state index is 0.0445. The first-order valence-electron chi connectivity index (χ1n) is 13.1. The van der Waals surface area contributed by atoms with E-state index in [1.54, 1.807) is 38.5 Å². The highest BCUT2D eigenvalue weighted by atomic mass is 16.5. The number of benzene rings is 2. The van der Waals surface area contributed by atoms with Crippen LogP contribution in [0.1, 0.15) is 72.9 Å². The lowest BCUT2D eigenvalue weighted by atomic mass is 9.71. The molecule has 1 N–H and O–H groups in total. The molecule has 0 bridgehead atoms. The number of ketones is 1. The van der Waals surface area contributed by atoms with Gasteiger partial charge in [0.25, 0.3) is 0 Å². The van der Waals surface area contributed by atoms with Crippen LogP contribution in [-0.2, 0) is 19.1 Å². The maximum atomic E-state index is 13.8. The van der Waals surface area contributed by atoms with Crippen molar-refractivity contribution in [1.29, 1.82) is 0 Å². The Morgan fingerprint density at radius 2 is 1.62 bits per heavy atom. The third kappa shape index (κ3) is 5.70. The van der Waals surface area contributed by atoms with Crippen molar-refractivity contribution in [3.05, 3.63) is 81.7 Å². The van der Waals surface area contributed by atoms with E-state index < -0.39 is 17.9 Å². The maximum absolute atomic E-state index is 13.8. The number of nitrogens with one attached hydrogen (secondary N) is 1. The van der Waals surface area contributed by atoms with Crippen LogP contribution in [0.15, 0.2) is 65.0 Å². The lowest BCUT2D eigenvalue weighted by Gasteiger charge is -2.36. The molecule has 0 aromatic heterocycles. The van der Waals surface area contributed by atoms with Crippen LogP contribution in [0.4, 0.5) is 0 Å². The van der Waals surface area contributed by atoms with Gasteiger partial charge in [-0.3, -0.25) is 4.79 Å². The lowest BCUT2D eigenvalue weighted by Crippen LogP contribution is -2.36. The van der Waals surface area contributed by atoms with Crippen LogP contribution in [0, 0.1) is 0 Å². The summed E-state index contributed by atoms with van der Waals surface area (Å²) in [6.07, 6.45) is 2.52. The Kier molecular flexibility index (Phi) is 8.74. The Morgan fingerprint density at radius 3 is 2.26 bits per heavy atom. The summed E-state index contributed by atoms with van der Waals surface area (Å²) in [5, 5.41) is 3.37. The largest absolute Gasteiger partial charge is 0.493 e. The zero-order chi connectivity index (χ0) is 28.1. The Morgan fingerprint density at radius 1 is 0.923 bits per heavy atom. The molecule has 0 unspecified atom stereocenters. The number of carbonyl (C=O) groups is 3. The van der Waals surface area contributed by atoms with Crippen molar-refractivity contribution in [3.8, 4) is 11.5 Å². The number of allylic oxidation sites excluding steroid dienone is 3. The zero-order valence-corrected chi connectivity index (χ0v) is 23.1. The van der Waals surface area contributed by atoms with Crippen LogP contribution in [0.3, 0.4) is 0 Å². The monoisotopic (exact) mass is 533 g/mol. The van der Waals surface area contributed by atoms with Crippen LogP contribution >= 0.6 is 0 Å². The average Bonchev–Trinajstić information content (AvgIpc) is 2.95. The summed E-state index contributed by atoms with van der Waals surface area (Å²) in [5.41, 5.74) is 4.50.